The van der Waals surface area contributed by atoms with Crippen LogP contribution < -0.4 is 16.8 Å². The SMILES string of the molecule is Nc1ccc(C(=O)Nc2nccs2)cc1N. The molecule has 16 heavy (non-hydrogen) atoms. The van der Waals surface area contributed by atoms with Crippen LogP contribution in [0.3, 0.4) is 0 Å². The molecule has 5 N–H and O–H groups in total. The zero-order valence-electron chi connectivity index (χ0n) is 8.31. The second kappa shape index (κ2) is 4.19. The molecule has 0 saturated carbocycles. The number of carbonyl (C=O) groups excluding carboxylic acids is 1. The molecule has 1 aromatic carbocycles. The van der Waals surface area contributed by atoms with E-state index in [1.165, 1.54) is 17.4 Å². The number of rotatable bonds is 2. The van der Waals surface area contributed by atoms with E-state index >= 15 is 0 Å². The van der Waals surface area contributed by atoms with Gasteiger partial charge < -0.3 is 11.5 Å². The average Bonchev–Trinajstić information content (AvgIpc) is 2.74. The second-order valence-electron chi connectivity index (χ2n) is 3.14. The molecule has 82 valence electrons. The molecule has 5 nitrogen and oxygen atoms in total. The number of hydrogen-bond acceptors (Lipinski definition) is 5. The Morgan fingerprint density at radius 2 is 2.12 bits per heavy atom. The monoisotopic (exact) mass is 234 g/mol. The Labute approximate surface area is 96.1 Å². The molecule has 0 fully saturated rings. The van der Waals surface area contributed by atoms with Gasteiger partial charge in [0.15, 0.2) is 5.13 Å². The summed E-state index contributed by atoms with van der Waals surface area (Å²) in [5.74, 6) is -0.248. The van der Waals surface area contributed by atoms with Crippen LogP contribution in [0.2, 0.25) is 0 Å². The number of nitrogens with one attached hydrogen (secondary N) is 1. The zero-order chi connectivity index (χ0) is 11.5. The highest BCUT2D eigenvalue weighted by Gasteiger charge is 2.08. The Morgan fingerprint density at radius 1 is 1.31 bits per heavy atom. The van der Waals surface area contributed by atoms with Gasteiger partial charge in [-0.1, -0.05) is 0 Å². The molecule has 0 aliphatic heterocycles. The number of carbonyl (C=O) groups is 1. The molecule has 0 radical (unpaired) electrons. The van der Waals surface area contributed by atoms with Gasteiger partial charge in [0.2, 0.25) is 0 Å². The summed E-state index contributed by atoms with van der Waals surface area (Å²) in [6, 6.07) is 4.76. The third-order valence-electron chi connectivity index (χ3n) is 2.00. The van der Waals surface area contributed by atoms with E-state index < -0.39 is 0 Å². The van der Waals surface area contributed by atoms with Crippen molar-refractivity contribution in [2.45, 2.75) is 0 Å². The lowest BCUT2D eigenvalue weighted by Gasteiger charge is -2.04. The largest absolute Gasteiger partial charge is 0.397 e. The number of anilines is 3. The summed E-state index contributed by atoms with van der Waals surface area (Å²) in [7, 11) is 0. The summed E-state index contributed by atoms with van der Waals surface area (Å²) in [6.07, 6.45) is 1.62. The first kappa shape index (κ1) is 10.4. The fraction of sp³-hybridized carbons (Fsp3) is 0. The van der Waals surface area contributed by atoms with Gasteiger partial charge in [-0.25, -0.2) is 4.98 Å². The Hall–Kier alpha value is -2.08. The van der Waals surface area contributed by atoms with Gasteiger partial charge in [0.1, 0.15) is 0 Å². The van der Waals surface area contributed by atoms with E-state index in [0.29, 0.717) is 22.1 Å². The van der Waals surface area contributed by atoms with Gasteiger partial charge in [-0.3, -0.25) is 10.1 Å². The van der Waals surface area contributed by atoms with Gasteiger partial charge in [0.25, 0.3) is 5.91 Å². The highest BCUT2D eigenvalue weighted by molar-refractivity contribution is 7.13. The topological polar surface area (TPSA) is 94.0 Å². The quantitative estimate of drug-likeness (QED) is 0.687. The first-order chi connectivity index (χ1) is 7.66. The van der Waals surface area contributed by atoms with Crippen molar-refractivity contribution in [3.8, 4) is 0 Å². The Balaban J connectivity index is 2.18. The van der Waals surface area contributed by atoms with Gasteiger partial charge in [-0.05, 0) is 18.2 Å². The van der Waals surface area contributed by atoms with Crippen LogP contribution in [0.4, 0.5) is 16.5 Å². The van der Waals surface area contributed by atoms with Crippen molar-refractivity contribution in [2.75, 3.05) is 16.8 Å². The first-order valence-electron chi connectivity index (χ1n) is 4.52. The van der Waals surface area contributed by atoms with Crippen LogP contribution in [0.25, 0.3) is 0 Å². The van der Waals surface area contributed by atoms with E-state index in [0.717, 1.165) is 0 Å². The highest BCUT2D eigenvalue weighted by atomic mass is 32.1. The van der Waals surface area contributed by atoms with Crippen LogP contribution in [0.5, 0.6) is 0 Å². The maximum atomic E-state index is 11.7. The van der Waals surface area contributed by atoms with Gasteiger partial charge in [-0.2, -0.15) is 0 Å². The maximum Gasteiger partial charge on any atom is 0.257 e. The number of hydrogen-bond donors (Lipinski definition) is 3. The molecular weight excluding hydrogens is 224 g/mol. The van der Waals surface area contributed by atoms with E-state index in [1.807, 2.05) is 0 Å². The number of nitrogens with two attached hydrogens (primary N) is 2. The number of benzene rings is 1. The van der Waals surface area contributed by atoms with Crippen molar-refractivity contribution >= 4 is 33.8 Å². The van der Waals surface area contributed by atoms with Gasteiger partial charge in [0, 0.05) is 17.1 Å². The van der Waals surface area contributed by atoms with Crippen molar-refractivity contribution in [2.24, 2.45) is 0 Å². The lowest BCUT2D eigenvalue weighted by molar-refractivity contribution is 0.102. The van der Waals surface area contributed by atoms with Crippen molar-refractivity contribution in [3.63, 3.8) is 0 Å². The summed E-state index contributed by atoms with van der Waals surface area (Å²) in [5, 5.41) is 5.00. The summed E-state index contributed by atoms with van der Waals surface area (Å²) < 4.78 is 0. The molecular formula is C10H10N4OS. The molecule has 1 aromatic heterocycles. The molecule has 1 amide bonds. The molecule has 0 bridgehead atoms. The molecule has 0 saturated heterocycles. The molecule has 2 aromatic rings. The third-order valence-corrected chi connectivity index (χ3v) is 2.69. The minimum atomic E-state index is -0.248. The first-order valence-corrected chi connectivity index (χ1v) is 5.40. The minimum absolute atomic E-state index is 0.248. The van der Waals surface area contributed by atoms with Crippen LogP contribution >= 0.6 is 11.3 Å². The molecule has 1 heterocycles. The van der Waals surface area contributed by atoms with E-state index in [2.05, 4.69) is 10.3 Å². The Bertz CT molecular complexity index is 510. The van der Waals surface area contributed by atoms with Gasteiger partial charge in [-0.15, -0.1) is 11.3 Å². The van der Waals surface area contributed by atoms with Gasteiger partial charge >= 0.3 is 0 Å². The smallest absolute Gasteiger partial charge is 0.257 e. The standard InChI is InChI=1S/C10H10N4OS/c11-7-2-1-6(5-8(7)12)9(15)14-10-13-3-4-16-10/h1-5H,11-12H2,(H,13,14,15). The fourth-order valence-electron chi connectivity index (χ4n) is 1.17. The molecule has 0 aliphatic rings. The number of nitrogens with zero attached hydrogens (tertiary/aromatic N) is 1. The zero-order valence-corrected chi connectivity index (χ0v) is 9.12. The molecule has 0 unspecified atom stereocenters. The lowest BCUT2D eigenvalue weighted by atomic mass is 10.1. The highest BCUT2D eigenvalue weighted by Crippen LogP contribution is 2.18. The normalized spacial score (nSPS) is 10.0. The van der Waals surface area contributed by atoms with Gasteiger partial charge in [0.05, 0.1) is 11.4 Å². The summed E-state index contributed by atoms with van der Waals surface area (Å²) in [5.41, 5.74) is 12.5. The second-order valence-corrected chi connectivity index (χ2v) is 4.03. The van der Waals surface area contributed by atoms with E-state index in [-0.39, 0.29) is 5.91 Å². The number of amides is 1. The van der Waals surface area contributed by atoms with Crippen LogP contribution in [0.1, 0.15) is 10.4 Å². The number of nitrogen functional groups attached to an aromatic ring is 2. The molecule has 6 heteroatoms. The Kier molecular flexibility index (Phi) is 2.74. The minimum Gasteiger partial charge on any atom is -0.397 e. The third kappa shape index (κ3) is 2.12. The molecule has 0 atom stereocenters. The predicted octanol–water partition coefficient (Wildman–Crippen LogP) is 1.56. The van der Waals surface area contributed by atoms with E-state index in [4.69, 9.17) is 11.5 Å². The molecule has 0 aliphatic carbocycles. The predicted molar refractivity (Wildman–Crippen MR) is 65.3 cm³/mol. The maximum absolute atomic E-state index is 11.7. The lowest BCUT2D eigenvalue weighted by Crippen LogP contribution is -2.12. The van der Waals surface area contributed by atoms with Crippen LogP contribution in [-0.2, 0) is 0 Å². The number of aromatic nitrogens is 1. The Morgan fingerprint density at radius 3 is 2.75 bits per heavy atom. The van der Waals surface area contributed by atoms with Crippen LogP contribution in [0, 0.1) is 0 Å². The summed E-state index contributed by atoms with van der Waals surface area (Å²) in [4.78, 5) is 15.7. The number of thiazole rings is 1. The van der Waals surface area contributed by atoms with E-state index in [1.54, 1.807) is 23.7 Å². The van der Waals surface area contributed by atoms with Crippen LogP contribution in [0.15, 0.2) is 29.8 Å². The summed E-state index contributed by atoms with van der Waals surface area (Å²) in [6.45, 7) is 0. The average molecular weight is 234 g/mol. The molecule has 2 rings (SSSR count). The van der Waals surface area contributed by atoms with Crippen molar-refractivity contribution in [1.82, 2.24) is 4.98 Å². The fourth-order valence-corrected chi connectivity index (χ4v) is 1.69. The summed E-state index contributed by atoms with van der Waals surface area (Å²) >= 11 is 1.35. The molecule has 0 spiro atoms. The van der Waals surface area contributed by atoms with Crippen molar-refractivity contribution < 1.29 is 4.79 Å². The van der Waals surface area contributed by atoms with E-state index in [9.17, 15) is 4.79 Å². The van der Waals surface area contributed by atoms with Crippen molar-refractivity contribution in [3.05, 3.63) is 35.3 Å². The van der Waals surface area contributed by atoms with Crippen molar-refractivity contribution in [1.29, 1.82) is 0 Å². The van der Waals surface area contributed by atoms with Crippen LogP contribution in [-0.4, -0.2) is 10.9 Å².